The lowest BCUT2D eigenvalue weighted by Gasteiger charge is -2.23. The number of nitrogens with zero attached hydrogens (tertiary/aromatic N) is 2. The second-order valence-electron chi connectivity index (χ2n) is 4.91. The number of halogens is 2. The highest BCUT2D eigenvalue weighted by Gasteiger charge is 2.26. The number of imidazole rings is 1. The van der Waals surface area contributed by atoms with Crippen molar-refractivity contribution >= 4 is 5.69 Å². The van der Waals surface area contributed by atoms with Crippen molar-refractivity contribution in [2.75, 3.05) is 18.0 Å². The van der Waals surface area contributed by atoms with Crippen molar-refractivity contribution in [1.29, 1.82) is 0 Å². The standard InChI is InChI=1S/C14H15F2N3O/c15-9-1-2-11(13(20)14-17-4-5-18-14)12(7-9)19-6-3-10(16)8-19/h1-2,4-5,7,10,13,20H,3,6,8H2,(H,17,18)/t10-,13?/m0/s1. The summed E-state index contributed by atoms with van der Waals surface area (Å²) in [4.78, 5) is 8.59. The number of aliphatic hydroxyl groups excluding tert-OH is 1. The van der Waals surface area contributed by atoms with Gasteiger partial charge in [-0.05, 0) is 18.6 Å². The first kappa shape index (κ1) is 13.1. The largest absolute Gasteiger partial charge is 0.380 e. The second-order valence-corrected chi connectivity index (χ2v) is 4.91. The van der Waals surface area contributed by atoms with Crippen LogP contribution in [0.2, 0.25) is 0 Å². The zero-order chi connectivity index (χ0) is 14.1. The molecule has 2 N–H and O–H groups in total. The first-order chi connectivity index (χ1) is 9.65. The van der Waals surface area contributed by atoms with Gasteiger partial charge in [0, 0.05) is 36.7 Å². The fourth-order valence-electron chi connectivity index (χ4n) is 2.53. The molecule has 20 heavy (non-hydrogen) atoms. The average molecular weight is 279 g/mol. The summed E-state index contributed by atoms with van der Waals surface area (Å²) in [5, 5.41) is 10.3. The molecule has 0 saturated carbocycles. The highest BCUT2D eigenvalue weighted by atomic mass is 19.1. The normalized spacial score (nSPS) is 20.4. The Morgan fingerprint density at radius 2 is 2.30 bits per heavy atom. The van der Waals surface area contributed by atoms with Crippen LogP contribution in [0.4, 0.5) is 14.5 Å². The minimum Gasteiger partial charge on any atom is -0.380 e. The Kier molecular flexibility index (Phi) is 3.40. The van der Waals surface area contributed by atoms with Crippen LogP contribution >= 0.6 is 0 Å². The van der Waals surface area contributed by atoms with Crippen LogP contribution in [0, 0.1) is 5.82 Å². The molecular weight excluding hydrogens is 264 g/mol. The third kappa shape index (κ3) is 2.38. The number of anilines is 1. The number of hydrogen-bond donors (Lipinski definition) is 2. The molecule has 4 nitrogen and oxygen atoms in total. The molecule has 2 heterocycles. The molecular formula is C14H15F2N3O. The summed E-state index contributed by atoms with van der Waals surface area (Å²) in [6.45, 7) is 0.740. The Morgan fingerprint density at radius 1 is 1.45 bits per heavy atom. The second kappa shape index (κ2) is 5.20. The zero-order valence-electron chi connectivity index (χ0n) is 10.8. The lowest BCUT2D eigenvalue weighted by molar-refractivity contribution is 0.211. The molecule has 1 saturated heterocycles. The molecule has 1 unspecified atom stereocenters. The van der Waals surface area contributed by atoms with Crippen molar-refractivity contribution in [3.05, 3.63) is 47.8 Å². The van der Waals surface area contributed by atoms with Crippen LogP contribution in [-0.2, 0) is 0 Å². The highest BCUT2D eigenvalue weighted by molar-refractivity contribution is 5.56. The van der Waals surface area contributed by atoms with Crippen LogP contribution in [0.1, 0.15) is 23.9 Å². The molecule has 1 fully saturated rings. The molecule has 2 aromatic rings. The van der Waals surface area contributed by atoms with E-state index in [1.807, 2.05) is 0 Å². The van der Waals surface area contributed by atoms with Crippen molar-refractivity contribution in [2.24, 2.45) is 0 Å². The summed E-state index contributed by atoms with van der Waals surface area (Å²) in [5.41, 5.74) is 1.05. The number of aromatic nitrogens is 2. The zero-order valence-corrected chi connectivity index (χ0v) is 10.8. The number of benzene rings is 1. The summed E-state index contributed by atoms with van der Waals surface area (Å²) in [6.07, 6.45) is 1.67. The van der Waals surface area contributed by atoms with Gasteiger partial charge in [-0.15, -0.1) is 0 Å². The molecule has 1 aromatic heterocycles. The first-order valence-electron chi connectivity index (χ1n) is 6.51. The number of alkyl halides is 1. The predicted molar refractivity (Wildman–Crippen MR) is 70.8 cm³/mol. The van der Waals surface area contributed by atoms with E-state index in [4.69, 9.17) is 0 Å². The Morgan fingerprint density at radius 3 is 2.95 bits per heavy atom. The van der Waals surface area contributed by atoms with E-state index in [0.29, 0.717) is 30.0 Å². The van der Waals surface area contributed by atoms with Crippen LogP contribution in [-0.4, -0.2) is 34.3 Å². The Hall–Kier alpha value is -1.95. The SMILES string of the molecule is OC(c1ncc[nH]1)c1ccc(F)cc1N1CC[C@H](F)C1. The number of hydrogen-bond acceptors (Lipinski definition) is 3. The Bertz CT molecular complexity index is 588. The minimum absolute atomic E-state index is 0.224. The van der Waals surface area contributed by atoms with Crippen LogP contribution < -0.4 is 4.90 Å². The van der Waals surface area contributed by atoms with E-state index in [9.17, 15) is 13.9 Å². The van der Waals surface area contributed by atoms with E-state index in [2.05, 4.69) is 9.97 Å². The number of rotatable bonds is 3. The molecule has 1 aliphatic heterocycles. The highest BCUT2D eigenvalue weighted by Crippen LogP contribution is 2.32. The van der Waals surface area contributed by atoms with Gasteiger partial charge in [-0.1, -0.05) is 6.07 Å². The number of H-pyrrole nitrogens is 1. The monoisotopic (exact) mass is 279 g/mol. The van der Waals surface area contributed by atoms with Crippen molar-refractivity contribution < 1.29 is 13.9 Å². The van der Waals surface area contributed by atoms with E-state index >= 15 is 0 Å². The summed E-state index contributed by atoms with van der Waals surface area (Å²) in [5.74, 6) is -0.0217. The average Bonchev–Trinajstić information content (AvgIpc) is 3.09. The lowest BCUT2D eigenvalue weighted by Crippen LogP contribution is -2.22. The summed E-state index contributed by atoms with van der Waals surface area (Å²) in [7, 11) is 0. The van der Waals surface area contributed by atoms with Crippen molar-refractivity contribution in [1.82, 2.24) is 9.97 Å². The summed E-state index contributed by atoms with van der Waals surface area (Å²) < 4.78 is 26.8. The van der Waals surface area contributed by atoms with Crippen molar-refractivity contribution in [2.45, 2.75) is 18.7 Å². The molecule has 1 aliphatic rings. The Balaban J connectivity index is 1.98. The Labute approximate surface area is 115 Å². The fraction of sp³-hybridized carbons (Fsp3) is 0.357. The fourth-order valence-corrected chi connectivity index (χ4v) is 2.53. The lowest BCUT2D eigenvalue weighted by atomic mass is 10.1. The van der Waals surface area contributed by atoms with Crippen molar-refractivity contribution in [3.8, 4) is 0 Å². The van der Waals surface area contributed by atoms with Gasteiger partial charge in [0.1, 0.15) is 23.9 Å². The molecule has 0 radical (unpaired) electrons. The van der Waals surface area contributed by atoms with Crippen LogP contribution in [0.3, 0.4) is 0 Å². The number of nitrogens with one attached hydrogen (secondary N) is 1. The molecule has 0 aliphatic carbocycles. The minimum atomic E-state index is -0.987. The van der Waals surface area contributed by atoms with Gasteiger partial charge in [0.2, 0.25) is 0 Å². The number of aliphatic hydroxyl groups is 1. The molecule has 0 amide bonds. The van der Waals surface area contributed by atoms with Gasteiger partial charge in [-0.2, -0.15) is 0 Å². The number of aromatic amines is 1. The van der Waals surface area contributed by atoms with Crippen molar-refractivity contribution in [3.63, 3.8) is 0 Å². The van der Waals surface area contributed by atoms with E-state index in [1.54, 1.807) is 11.1 Å². The third-order valence-corrected chi connectivity index (χ3v) is 3.54. The van der Waals surface area contributed by atoms with Gasteiger partial charge in [0.05, 0.1) is 0 Å². The van der Waals surface area contributed by atoms with Gasteiger partial charge < -0.3 is 15.0 Å². The van der Waals surface area contributed by atoms with E-state index < -0.39 is 18.1 Å². The van der Waals surface area contributed by atoms with Gasteiger partial charge in [-0.25, -0.2) is 13.8 Å². The molecule has 6 heteroatoms. The van der Waals surface area contributed by atoms with Crippen LogP contribution in [0.25, 0.3) is 0 Å². The van der Waals surface area contributed by atoms with Gasteiger partial charge >= 0.3 is 0 Å². The van der Waals surface area contributed by atoms with E-state index in [0.717, 1.165) is 0 Å². The smallest absolute Gasteiger partial charge is 0.139 e. The summed E-state index contributed by atoms with van der Waals surface area (Å²) >= 11 is 0. The topological polar surface area (TPSA) is 52.2 Å². The third-order valence-electron chi connectivity index (χ3n) is 3.54. The quantitative estimate of drug-likeness (QED) is 0.905. The van der Waals surface area contributed by atoms with Gasteiger partial charge in [0.25, 0.3) is 0 Å². The molecule has 3 rings (SSSR count). The summed E-state index contributed by atoms with van der Waals surface area (Å²) in [6, 6.07) is 4.14. The molecule has 0 spiro atoms. The molecule has 2 atom stereocenters. The van der Waals surface area contributed by atoms with E-state index in [1.165, 1.54) is 24.4 Å². The molecule has 1 aromatic carbocycles. The van der Waals surface area contributed by atoms with E-state index in [-0.39, 0.29) is 6.54 Å². The van der Waals surface area contributed by atoms with Crippen LogP contribution in [0.15, 0.2) is 30.6 Å². The maximum atomic E-state index is 13.5. The van der Waals surface area contributed by atoms with Gasteiger partial charge in [-0.3, -0.25) is 0 Å². The van der Waals surface area contributed by atoms with Crippen LogP contribution in [0.5, 0.6) is 0 Å². The van der Waals surface area contributed by atoms with Gasteiger partial charge in [0.15, 0.2) is 0 Å². The predicted octanol–water partition coefficient (Wildman–Crippen LogP) is 2.18. The maximum absolute atomic E-state index is 13.5. The first-order valence-corrected chi connectivity index (χ1v) is 6.51. The molecule has 0 bridgehead atoms. The maximum Gasteiger partial charge on any atom is 0.139 e. The molecule has 106 valence electrons.